The standard InChI is InChI=1S/C11H20O5/c1-8(10(12)13-4)5-14-6-9-7-15-11(2,3)16-9/h8-9H,5-7H2,1-4H3/t8-,9+/m1/s1. The molecule has 94 valence electrons. The van der Waals surface area contributed by atoms with Gasteiger partial charge in [-0.3, -0.25) is 4.79 Å². The van der Waals surface area contributed by atoms with Crippen LogP contribution in [0.2, 0.25) is 0 Å². The maximum atomic E-state index is 11.1. The molecule has 1 saturated heterocycles. The number of hydrogen-bond acceptors (Lipinski definition) is 5. The van der Waals surface area contributed by atoms with Gasteiger partial charge in [-0.25, -0.2) is 0 Å². The molecule has 1 fully saturated rings. The molecule has 0 aromatic rings. The second-order valence-corrected chi connectivity index (χ2v) is 4.41. The Bertz CT molecular complexity index is 239. The van der Waals surface area contributed by atoms with Crippen LogP contribution in [-0.2, 0) is 23.7 Å². The number of carbonyl (C=O) groups is 1. The Balaban J connectivity index is 2.15. The van der Waals surface area contributed by atoms with Gasteiger partial charge in [-0.05, 0) is 20.8 Å². The zero-order chi connectivity index (χ0) is 12.2. The van der Waals surface area contributed by atoms with Crippen molar-refractivity contribution in [2.45, 2.75) is 32.7 Å². The first-order valence-corrected chi connectivity index (χ1v) is 5.42. The number of esters is 1. The zero-order valence-corrected chi connectivity index (χ0v) is 10.3. The first-order chi connectivity index (χ1) is 7.44. The van der Waals surface area contributed by atoms with Crippen molar-refractivity contribution >= 4 is 5.97 Å². The molecule has 0 bridgehead atoms. The Morgan fingerprint density at radius 1 is 1.56 bits per heavy atom. The molecule has 0 spiro atoms. The molecule has 16 heavy (non-hydrogen) atoms. The minimum absolute atomic E-state index is 0.0557. The van der Waals surface area contributed by atoms with Crippen LogP contribution in [0.4, 0.5) is 0 Å². The van der Waals surface area contributed by atoms with Gasteiger partial charge in [0.25, 0.3) is 0 Å². The number of carbonyl (C=O) groups excluding carboxylic acids is 1. The molecule has 1 heterocycles. The first kappa shape index (κ1) is 13.4. The van der Waals surface area contributed by atoms with Crippen LogP contribution in [0.5, 0.6) is 0 Å². The maximum absolute atomic E-state index is 11.1. The molecule has 0 amide bonds. The quantitative estimate of drug-likeness (QED) is 0.661. The van der Waals surface area contributed by atoms with Gasteiger partial charge in [0.1, 0.15) is 6.10 Å². The van der Waals surface area contributed by atoms with E-state index in [1.807, 2.05) is 13.8 Å². The molecule has 0 saturated carbocycles. The number of rotatable bonds is 5. The third-order valence-electron chi connectivity index (χ3n) is 2.34. The summed E-state index contributed by atoms with van der Waals surface area (Å²) < 4.78 is 20.9. The zero-order valence-electron chi connectivity index (χ0n) is 10.3. The third-order valence-corrected chi connectivity index (χ3v) is 2.34. The summed E-state index contributed by atoms with van der Waals surface area (Å²) in [5.74, 6) is -1.04. The lowest BCUT2D eigenvalue weighted by atomic mass is 10.2. The van der Waals surface area contributed by atoms with E-state index in [1.165, 1.54) is 7.11 Å². The second kappa shape index (κ2) is 5.61. The lowest BCUT2D eigenvalue weighted by molar-refractivity contribution is -0.152. The van der Waals surface area contributed by atoms with Gasteiger partial charge in [0.05, 0.1) is 32.8 Å². The van der Waals surface area contributed by atoms with Gasteiger partial charge in [0, 0.05) is 0 Å². The highest BCUT2D eigenvalue weighted by Crippen LogP contribution is 2.22. The normalized spacial score (nSPS) is 25.4. The highest BCUT2D eigenvalue weighted by molar-refractivity contribution is 5.71. The Morgan fingerprint density at radius 2 is 2.25 bits per heavy atom. The van der Waals surface area contributed by atoms with E-state index in [1.54, 1.807) is 6.92 Å². The fraction of sp³-hybridized carbons (Fsp3) is 0.909. The third kappa shape index (κ3) is 4.08. The first-order valence-electron chi connectivity index (χ1n) is 5.42. The molecule has 1 aliphatic rings. The Morgan fingerprint density at radius 3 is 2.75 bits per heavy atom. The molecule has 0 unspecified atom stereocenters. The topological polar surface area (TPSA) is 54.0 Å². The van der Waals surface area contributed by atoms with Gasteiger partial charge in [0.15, 0.2) is 5.79 Å². The van der Waals surface area contributed by atoms with Crippen LogP contribution in [0, 0.1) is 5.92 Å². The average Bonchev–Trinajstić information content (AvgIpc) is 2.57. The molecular formula is C11H20O5. The van der Waals surface area contributed by atoms with Crippen molar-refractivity contribution in [1.29, 1.82) is 0 Å². The van der Waals surface area contributed by atoms with Gasteiger partial charge in [0.2, 0.25) is 0 Å². The summed E-state index contributed by atoms with van der Waals surface area (Å²) in [4.78, 5) is 11.1. The molecular weight excluding hydrogens is 212 g/mol. The van der Waals surface area contributed by atoms with Crippen molar-refractivity contribution in [2.24, 2.45) is 5.92 Å². The monoisotopic (exact) mass is 232 g/mol. The predicted octanol–water partition coefficient (Wildman–Crippen LogP) is 0.964. The van der Waals surface area contributed by atoms with E-state index in [2.05, 4.69) is 4.74 Å². The van der Waals surface area contributed by atoms with Crippen LogP contribution in [0.3, 0.4) is 0 Å². The van der Waals surface area contributed by atoms with Crippen LogP contribution in [0.1, 0.15) is 20.8 Å². The summed E-state index contributed by atoms with van der Waals surface area (Å²) >= 11 is 0. The molecule has 0 aliphatic carbocycles. The highest BCUT2D eigenvalue weighted by Gasteiger charge is 2.32. The van der Waals surface area contributed by atoms with E-state index < -0.39 is 5.79 Å². The summed E-state index contributed by atoms with van der Waals surface area (Å²) in [6.07, 6.45) is -0.0557. The largest absolute Gasteiger partial charge is 0.469 e. The SMILES string of the molecule is COC(=O)[C@H](C)COC[C@H]1COC(C)(C)O1. The summed E-state index contributed by atoms with van der Waals surface area (Å²) in [5, 5.41) is 0. The van der Waals surface area contributed by atoms with E-state index in [4.69, 9.17) is 14.2 Å². The minimum atomic E-state index is -0.526. The van der Waals surface area contributed by atoms with Gasteiger partial charge < -0.3 is 18.9 Å². The summed E-state index contributed by atoms with van der Waals surface area (Å²) in [6, 6.07) is 0. The predicted molar refractivity (Wildman–Crippen MR) is 56.9 cm³/mol. The molecule has 5 heteroatoms. The van der Waals surface area contributed by atoms with E-state index in [9.17, 15) is 4.79 Å². The molecule has 1 aliphatic heterocycles. The maximum Gasteiger partial charge on any atom is 0.310 e. The smallest absolute Gasteiger partial charge is 0.310 e. The fourth-order valence-corrected chi connectivity index (χ4v) is 1.49. The number of hydrogen-bond donors (Lipinski definition) is 0. The number of methoxy groups -OCH3 is 1. The van der Waals surface area contributed by atoms with Crippen LogP contribution in [-0.4, -0.2) is 44.8 Å². The van der Waals surface area contributed by atoms with E-state index in [0.717, 1.165) is 0 Å². The van der Waals surface area contributed by atoms with Gasteiger partial charge in [-0.2, -0.15) is 0 Å². The minimum Gasteiger partial charge on any atom is -0.469 e. The van der Waals surface area contributed by atoms with Crippen molar-refractivity contribution in [3.05, 3.63) is 0 Å². The van der Waals surface area contributed by atoms with Crippen molar-refractivity contribution in [3.63, 3.8) is 0 Å². The highest BCUT2D eigenvalue weighted by atomic mass is 16.7. The summed E-state index contributed by atoms with van der Waals surface area (Å²) in [7, 11) is 1.37. The van der Waals surface area contributed by atoms with Crippen LogP contribution in [0.25, 0.3) is 0 Å². The Labute approximate surface area is 96.0 Å². The van der Waals surface area contributed by atoms with Gasteiger partial charge in [-0.15, -0.1) is 0 Å². The Hall–Kier alpha value is -0.650. The van der Waals surface area contributed by atoms with Crippen LogP contribution in [0.15, 0.2) is 0 Å². The van der Waals surface area contributed by atoms with Crippen LogP contribution >= 0.6 is 0 Å². The van der Waals surface area contributed by atoms with Crippen molar-refractivity contribution < 1.29 is 23.7 Å². The molecule has 0 aromatic carbocycles. The summed E-state index contributed by atoms with van der Waals surface area (Å²) in [6.45, 7) is 6.80. The molecule has 5 nitrogen and oxygen atoms in total. The van der Waals surface area contributed by atoms with Crippen molar-refractivity contribution in [2.75, 3.05) is 26.9 Å². The fourth-order valence-electron chi connectivity index (χ4n) is 1.49. The Kier molecular flexibility index (Phi) is 4.70. The second-order valence-electron chi connectivity index (χ2n) is 4.41. The lowest BCUT2D eigenvalue weighted by Gasteiger charge is -2.17. The van der Waals surface area contributed by atoms with Gasteiger partial charge >= 0.3 is 5.97 Å². The molecule has 0 N–H and O–H groups in total. The molecule has 1 rings (SSSR count). The molecule has 2 atom stereocenters. The van der Waals surface area contributed by atoms with E-state index in [0.29, 0.717) is 19.8 Å². The van der Waals surface area contributed by atoms with Crippen molar-refractivity contribution in [3.8, 4) is 0 Å². The van der Waals surface area contributed by atoms with E-state index in [-0.39, 0.29) is 18.0 Å². The molecule has 0 aromatic heterocycles. The average molecular weight is 232 g/mol. The molecule has 0 radical (unpaired) electrons. The number of ether oxygens (including phenoxy) is 4. The van der Waals surface area contributed by atoms with Crippen molar-refractivity contribution in [1.82, 2.24) is 0 Å². The van der Waals surface area contributed by atoms with E-state index >= 15 is 0 Å². The summed E-state index contributed by atoms with van der Waals surface area (Å²) in [5.41, 5.74) is 0. The lowest BCUT2D eigenvalue weighted by Crippen LogP contribution is -2.26. The van der Waals surface area contributed by atoms with Crippen LogP contribution < -0.4 is 0 Å². The van der Waals surface area contributed by atoms with Gasteiger partial charge in [-0.1, -0.05) is 0 Å².